The number of ether oxygens (including phenoxy) is 1. The lowest BCUT2D eigenvalue weighted by Crippen LogP contribution is -2.32. The van der Waals surface area contributed by atoms with Crippen LogP contribution >= 0.6 is 0 Å². The Morgan fingerprint density at radius 2 is 2.10 bits per heavy atom. The van der Waals surface area contributed by atoms with Gasteiger partial charge < -0.3 is 19.9 Å². The quantitative estimate of drug-likeness (QED) is 0.747. The zero-order valence-corrected chi connectivity index (χ0v) is 17.4. The molecule has 3 rings (SSSR count). The summed E-state index contributed by atoms with van der Waals surface area (Å²) in [6.45, 7) is 2.18. The van der Waals surface area contributed by atoms with E-state index in [1.165, 1.54) is 17.0 Å². The Balaban J connectivity index is 1.70. The third-order valence-corrected chi connectivity index (χ3v) is 5.02. The minimum atomic E-state index is -0.515. The third-order valence-electron chi connectivity index (χ3n) is 5.02. The lowest BCUT2D eigenvalue weighted by atomic mass is 10.2. The van der Waals surface area contributed by atoms with E-state index in [1.54, 1.807) is 44.1 Å². The van der Waals surface area contributed by atoms with Crippen molar-refractivity contribution in [1.29, 1.82) is 0 Å². The van der Waals surface area contributed by atoms with E-state index in [0.717, 1.165) is 12.8 Å². The predicted molar refractivity (Wildman–Crippen MR) is 109 cm³/mol. The Kier molecular flexibility index (Phi) is 6.81. The summed E-state index contributed by atoms with van der Waals surface area (Å²) in [4.78, 5) is 36.7. The highest BCUT2D eigenvalue weighted by atomic mass is 19.1. The van der Waals surface area contributed by atoms with E-state index >= 15 is 0 Å². The molecule has 1 saturated heterocycles. The Labute approximate surface area is 175 Å². The number of nitrogens with one attached hydrogen (secondary N) is 1. The predicted octanol–water partition coefficient (Wildman–Crippen LogP) is 2.38. The molecule has 9 heteroatoms. The van der Waals surface area contributed by atoms with Gasteiger partial charge in [0.05, 0.1) is 18.3 Å². The first-order valence-electron chi connectivity index (χ1n) is 9.83. The zero-order valence-electron chi connectivity index (χ0n) is 17.4. The Morgan fingerprint density at radius 3 is 2.80 bits per heavy atom. The first kappa shape index (κ1) is 21.5. The number of likely N-dealkylation sites (tertiary alicyclic amines) is 1. The Morgan fingerprint density at radius 1 is 1.33 bits per heavy atom. The highest BCUT2D eigenvalue weighted by molar-refractivity contribution is 5.77. The smallest absolute Gasteiger partial charge is 0.260 e. The first-order chi connectivity index (χ1) is 14.4. The van der Waals surface area contributed by atoms with Crippen LogP contribution in [0.2, 0.25) is 0 Å². The average Bonchev–Trinajstić information content (AvgIpc) is 3.23. The zero-order chi connectivity index (χ0) is 21.7. The molecule has 1 aliphatic heterocycles. The molecular formula is C21H26FN5O3. The van der Waals surface area contributed by atoms with Gasteiger partial charge in [0, 0.05) is 33.6 Å². The minimum absolute atomic E-state index is 0.00454. The Bertz CT molecular complexity index is 923. The Hall–Kier alpha value is -3.23. The average molecular weight is 415 g/mol. The summed E-state index contributed by atoms with van der Waals surface area (Å²) in [7, 11) is 3.38. The third kappa shape index (κ3) is 5.03. The van der Waals surface area contributed by atoms with Crippen molar-refractivity contribution in [2.24, 2.45) is 0 Å². The molecule has 1 N–H and O–H groups in total. The van der Waals surface area contributed by atoms with E-state index < -0.39 is 5.82 Å². The van der Waals surface area contributed by atoms with Crippen LogP contribution < -0.4 is 10.1 Å². The van der Waals surface area contributed by atoms with Crippen molar-refractivity contribution in [3.05, 3.63) is 47.7 Å². The highest BCUT2D eigenvalue weighted by Crippen LogP contribution is 2.30. The SMILES string of the molecule is CNc1cc(CN(C)C(=O)COc2ccccc2F)nc([C@@H]2CCCN2C(C)=O)n1. The molecule has 1 aliphatic rings. The molecular weight excluding hydrogens is 389 g/mol. The largest absolute Gasteiger partial charge is 0.481 e. The molecule has 0 saturated carbocycles. The van der Waals surface area contributed by atoms with Gasteiger partial charge in [-0.3, -0.25) is 9.59 Å². The number of likely N-dealkylation sites (N-methyl/N-ethyl adjacent to an activating group) is 1. The number of hydrogen-bond acceptors (Lipinski definition) is 6. The number of amides is 2. The monoisotopic (exact) mass is 415 g/mol. The number of halogens is 1. The number of carbonyl (C=O) groups excluding carboxylic acids is 2. The van der Waals surface area contributed by atoms with Crippen molar-refractivity contribution in [3.8, 4) is 5.75 Å². The maximum atomic E-state index is 13.7. The van der Waals surface area contributed by atoms with Crippen molar-refractivity contribution in [2.45, 2.75) is 32.4 Å². The molecule has 0 spiro atoms. The van der Waals surface area contributed by atoms with Crippen molar-refractivity contribution < 1.29 is 18.7 Å². The van der Waals surface area contributed by atoms with Gasteiger partial charge in [-0.2, -0.15) is 0 Å². The molecule has 2 heterocycles. The molecule has 1 fully saturated rings. The molecule has 0 aliphatic carbocycles. The summed E-state index contributed by atoms with van der Waals surface area (Å²) >= 11 is 0. The van der Waals surface area contributed by atoms with Crippen molar-refractivity contribution in [2.75, 3.05) is 32.6 Å². The molecule has 0 unspecified atom stereocenters. The second-order valence-electron chi connectivity index (χ2n) is 7.19. The van der Waals surface area contributed by atoms with Gasteiger partial charge in [0.15, 0.2) is 24.0 Å². The number of hydrogen-bond donors (Lipinski definition) is 1. The van der Waals surface area contributed by atoms with Gasteiger partial charge in [-0.15, -0.1) is 0 Å². The van der Waals surface area contributed by atoms with Crippen molar-refractivity contribution in [3.63, 3.8) is 0 Å². The van der Waals surface area contributed by atoms with E-state index in [1.807, 2.05) is 0 Å². The molecule has 0 radical (unpaired) electrons. The number of anilines is 1. The van der Waals surface area contributed by atoms with E-state index in [0.29, 0.717) is 23.9 Å². The maximum Gasteiger partial charge on any atom is 0.260 e. The summed E-state index contributed by atoms with van der Waals surface area (Å²) in [5, 5.41) is 3.01. The van der Waals surface area contributed by atoms with Crippen molar-refractivity contribution in [1.82, 2.24) is 19.8 Å². The number of nitrogens with zero attached hydrogens (tertiary/aromatic N) is 4. The van der Waals surface area contributed by atoms with Crippen LogP contribution in [-0.4, -0.2) is 58.8 Å². The van der Waals surface area contributed by atoms with Gasteiger partial charge in [-0.1, -0.05) is 12.1 Å². The molecule has 160 valence electrons. The number of rotatable bonds is 7. The van der Waals surface area contributed by atoms with Crippen LogP contribution in [0.15, 0.2) is 30.3 Å². The van der Waals surface area contributed by atoms with Crippen LogP contribution in [0, 0.1) is 5.82 Å². The molecule has 30 heavy (non-hydrogen) atoms. The van der Waals surface area contributed by atoms with E-state index in [-0.39, 0.29) is 36.8 Å². The molecule has 1 atom stereocenters. The van der Waals surface area contributed by atoms with Gasteiger partial charge >= 0.3 is 0 Å². The van der Waals surface area contributed by atoms with Crippen LogP contribution in [0.5, 0.6) is 5.75 Å². The number of carbonyl (C=O) groups is 2. The van der Waals surface area contributed by atoms with E-state index in [4.69, 9.17) is 4.74 Å². The summed E-state index contributed by atoms with van der Waals surface area (Å²) in [6, 6.07) is 7.54. The number of benzene rings is 1. The second kappa shape index (κ2) is 9.51. The summed E-state index contributed by atoms with van der Waals surface area (Å²) in [6.07, 6.45) is 1.70. The minimum Gasteiger partial charge on any atom is -0.481 e. The van der Waals surface area contributed by atoms with E-state index in [2.05, 4.69) is 15.3 Å². The second-order valence-corrected chi connectivity index (χ2v) is 7.19. The van der Waals surface area contributed by atoms with Crippen LogP contribution in [-0.2, 0) is 16.1 Å². The van der Waals surface area contributed by atoms with Crippen LogP contribution in [0.1, 0.15) is 37.3 Å². The van der Waals surface area contributed by atoms with Gasteiger partial charge in [0.25, 0.3) is 5.91 Å². The fourth-order valence-corrected chi connectivity index (χ4v) is 3.43. The summed E-state index contributed by atoms with van der Waals surface area (Å²) in [5.74, 6) is 0.387. The maximum absolute atomic E-state index is 13.7. The van der Waals surface area contributed by atoms with Crippen molar-refractivity contribution >= 4 is 17.6 Å². The normalized spacial score (nSPS) is 15.7. The number of para-hydroxylation sites is 1. The summed E-state index contributed by atoms with van der Waals surface area (Å²) < 4.78 is 18.9. The summed E-state index contributed by atoms with van der Waals surface area (Å²) in [5.41, 5.74) is 0.640. The highest BCUT2D eigenvalue weighted by Gasteiger charge is 2.30. The fraction of sp³-hybridized carbons (Fsp3) is 0.429. The van der Waals surface area contributed by atoms with Gasteiger partial charge in [0.1, 0.15) is 5.82 Å². The van der Waals surface area contributed by atoms with Crippen LogP contribution in [0.25, 0.3) is 0 Å². The molecule has 1 aromatic carbocycles. The molecule has 0 bridgehead atoms. The van der Waals surface area contributed by atoms with Gasteiger partial charge in [-0.05, 0) is 25.0 Å². The van der Waals surface area contributed by atoms with Crippen LogP contribution in [0.3, 0.4) is 0 Å². The first-order valence-corrected chi connectivity index (χ1v) is 9.83. The lowest BCUT2D eigenvalue weighted by Gasteiger charge is -2.23. The van der Waals surface area contributed by atoms with Crippen LogP contribution in [0.4, 0.5) is 10.2 Å². The van der Waals surface area contributed by atoms with Gasteiger partial charge in [-0.25, -0.2) is 14.4 Å². The molecule has 2 amide bonds. The fourth-order valence-electron chi connectivity index (χ4n) is 3.43. The topological polar surface area (TPSA) is 87.7 Å². The molecule has 1 aromatic heterocycles. The molecule has 2 aromatic rings. The van der Waals surface area contributed by atoms with E-state index in [9.17, 15) is 14.0 Å². The molecule has 8 nitrogen and oxygen atoms in total. The number of aromatic nitrogens is 2. The lowest BCUT2D eigenvalue weighted by molar-refractivity contribution is -0.132. The van der Waals surface area contributed by atoms with Gasteiger partial charge in [0.2, 0.25) is 5.91 Å². The standard InChI is InChI=1S/C21H26FN5O3/c1-14(28)27-10-6-8-17(27)21-24-15(11-19(23-2)25-21)12-26(3)20(29)13-30-18-9-5-4-7-16(18)22/h4-5,7,9,11,17H,6,8,10,12-13H2,1-3H3,(H,23,24,25)/t17-/m0/s1.